The minimum atomic E-state index is -1.26. The van der Waals surface area contributed by atoms with Gasteiger partial charge in [0.1, 0.15) is 6.04 Å². The summed E-state index contributed by atoms with van der Waals surface area (Å²) in [4.78, 5) is 44.2. The summed E-state index contributed by atoms with van der Waals surface area (Å²) in [5.41, 5.74) is 5.22. The molecule has 21 heavy (non-hydrogen) atoms. The molecule has 0 saturated carbocycles. The van der Waals surface area contributed by atoms with Crippen molar-refractivity contribution in [2.75, 3.05) is 18.6 Å². The second-order valence-electron chi connectivity index (χ2n) is 4.17. The Labute approximate surface area is 125 Å². The molecule has 120 valence electrons. The third-order valence-electron chi connectivity index (χ3n) is 2.41. The summed E-state index contributed by atoms with van der Waals surface area (Å²) in [6, 6.07) is -2.80. The van der Waals surface area contributed by atoms with E-state index in [0.717, 1.165) is 0 Å². The van der Waals surface area contributed by atoms with E-state index in [2.05, 4.69) is 10.6 Å². The number of amides is 2. The van der Waals surface area contributed by atoms with E-state index in [9.17, 15) is 19.2 Å². The van der Waals surface area contributed by atoms with E-state index in [0.29, 0.717) is 0 Å². The monoisotopic (exact) mass is 321 g/mol. The molecule has 0 aliphatic carbocycles. The summed E-state index contributed by atoms with van der Waals surface area (Å²) >= 11 is 1.31. The van der Waals surface area contributed by atoms with Gasteiger partial charge in [-0.3, -0.25) is 14.4 Å². The number of hydrogen-bond donors (Lipinski definition) is 5. The molecule has 0 spiro atoms. The second kappa shape index (κ2) is 10.00. The zero-order valence-corrected chi connectivity index (χ0v) is 12.3. The smallest absolute Gasteiger partial charge is 0.322 e. The predicted octanol–water partition coefficient (Wildman–Crippen LogP) is -1.14. The van der Waals surface area contributed by atoms with Crippen LogP contribution >= 0.6 is 11.8 Å². The van der Waals surface area contributed by atoms with Gasteiger partial charge in [0.05, 0.1) is 12.5 Å². The highest BCUT2D eigenvalue weighted by Gasteiger charge is 2.21. The number of carbonyl (C=O) groups is 4. The average molecular weight is 321 g/mol. The van der Waals surface area contributed by atoms with Crippen LogP contribution in [0.2, 0.25) is 0 Å². The molecule has 0 aliphatic heterocycles. The lowest BCUT2D eigenvalue weighted by molar-refractivity contribution is -0.139. The number of carboxylic acid groups (broad SMARTS) is 2. The summed E-state index contributed by atoms with van der Waals surface area (Å²) in [6.45, 7) is -0.281. The molecule has 9 nitrogen and oxygen atoms in total. The Hall–Kier alpha value is -1.81. The van der Waals surface area contributed by atoms with Crippen molar-refractivity contribution in [2.24, 2.45) is 5.73 Å². The van der Waals surface area contributed by atoms with Crippen molar-refractivity contribution in [3.05, 3.63) is 0 Å². The lowest BCUT2D eigenvalue weighted by Gasteiger charge is -2.17. The molecule has 0 saturated heterocycles. The summed E-state index contributed by atoms with van der Waals surface area (Å²) in [6.07, 6.45) is 1.24. The van der Waals surface area contributed by atoms with Gasteiger partial charge in [-0.05, 0) is 6.26 Å². The fraction of sp³-hybridized carbons (Fsp3) is 0.636. The van der Waals surface area contributed by atoms with Gasteiger partial charge in [0.25, 0.3) is 0 Å². The van der Waals surface area contributed by atoms with Crippen LogP contribution in [0.4, 0.5) is 4.79 Å². The van der Waals surface area contributed by atoms with Crippen LogP contribution in [-0.4, -0.2) is 64.6 Å². The number of hydrogen-bond acceptors (Lipinski definition) is 6. The predicted molar refractivity (Wildman–Crippen MR) is 76.2 cm³/mol. The van der Waals surface area contributed by atoms with Gasteiger partial charge >= 0.3 is 18.0 Å². The third-order valence-corrected chi connectivity index (χ3v) is 3.08. The van der Waals surface area contributed by atoms with Crippen LogP contribution in [0.25, 0.3) is 0 Å². The Morgan fingerprint density at radius 1 is 1.19 bits per heavy atom. The molecule has 6 N–H and O–H groups in total. The fourth-order valence-corrected chi connectivity index (χ4v) is 1.89. The van der Waals surface area contributed by atoms with Crippen molar-refractivity contribution in [1.29, 1.82) is 0 Å². The molecule has 0 heterocycles. The van der Waals surface area contributed by atoms with Crippen LogP contribution in [0.15, 0.2) is 0 Å². The topological polar surface area (TPSA) is 159 Å². The Bertz CT molecular complexity index is 403. The van der Waals surface area contributed by atoms with E-state index in [4.69, 9.17) is 15.9 Å². The van der Waals surface area contributed by atoms with Gasteiger partial charge in [-0.25, -0.2) is 4.79 Å². The molecular formula is C11H19N3O6S. The normalized spacial score (nSPS) is 13.0. The van der Waals surface area contributed by atoms with Crippen LogP contribution < -0.4 is 16.4 Å². The van der Waals surface area contributed by atoms with Gasteiger partial charge in [0.2, 0.25) is 0 Å². The van der Waals surface area contributed by atoms with Crippen LogP contribution in [-0.2, 0) is 14.4 Å². The minimum absolute atomic E-state index is 0.185. The molecule has 0 rings (SSSR count). The number of aliphatic carboxylic acids is 2. The van der Waals surface area contributed by atoms with Crippen molar-refractivity contribution in [1.82, 2.24) is 10.6 Å². The van der Waals surface area contributed by atoms with Crippen molar-refractivity contribution in [2.45, 2.75) is 24.9 Å². The first kappa shape index (κ1) is 19.2. The Morgan fingerprint density at radius 2 is 1.81 bits per heavy atom. The molecule has 2 atom stereocenters. The van der Waals surface area contributed by atoms with E-state index < -0.39 is 35.8 Å². The molecular weight excluding hydrogens is 302 g/mol. The van der Waals surface area contributed by atoms with Crippen molar-refractivity contribution >= 4 is 35.5 Å². The number of Topliss-reactive ketones (excluding diaryl/α,β-unsaturated/α-hetero) is 1. The molecule has 0 aromatic rings. The summed E-state index contributed by atoms with van der Waals surface area (Å²) in [5, 5.41) is 21.7. The van der Waals surface area contributed by atoms with Gasteiger partial charge in [-0.2, -0.15) is 11.8 Å². The largest absolute Gasteiger partial charge is 0.481 e. The maximum absolute atomic E-state index is 11.8. The standard InChI is InChI=1S/C11H19N3O6S/c1-21-5-7(8(15)2-3-9(16)17)14-11(20)13-4-6(12)10(18)19/h6-7H,2-5,12H2,1H3,(H,16,17)(H,18,19)(H2,13,14,20)/t6-,7-/m0/s1. The third kappa shape index (κ3) is 8.87. The number of carbonyl (C=O) groups excluding carboxylic acids is 2. The number of ketones is 1. The maximum atomic E-state index is 11.8. The first-order valence-electron chi connectivity index (χ1n) is 6.04. The van der Waals surface area contributed by atoms with Crippen LogP contribution in [0.3, 0.4) is 0 Å². The molecule has 10 heteroatoms. The number of thioether (sulfide) groups is 1. The summed E-state index contributed by atoms with van der Waals surface area (Å²) in [5.74, 6) is -2.46. The van der Waals surface area contributed by atoms with Gasteiger partial charge in [0, 0.05) is 18.7 Å². The van der Waals surface area contributed by atoms with E-state index in [1.807, 2.05) is 0 Å². The number of rotatable bonds is 10. The van der Waals surface area contributed by atoms with Crippen molar-refractivity contribution in [3.63, 3.8) is 0 Å². The first-order valence-corrected chi connectivity index (χ1v) is 7.43. The van der Waals surface area contributed by atoms with E-state index >= 15 is 0 Å². The highest BCUT2D eigenvalue weighted by Crippen LogP contribution is 2.03. The SMILES string of the molecule is CSC[C@H](NC(=O)NC[C@H](N)C(=O)O)C(=O)CCC(=O)O. The molecule has 0 unspecified atom stereocenters. The zero-order chi connectivity index (χ0) is 16.4. The zero-order valence-electron chi connectivity index (χ0n) is 11.5. The van der Waals surface area contributed by atoms with E-state index in [1.165, 1.54) is 11.8 Å². The summed E-state index contributed by atoms with van der Waals surface area (Å²) in [7, 11) is 0. The Balaban J connectivity index is 4.35. The fourth-order valence-electron chi connectivity index (χ4n) is 1.29. The van der Waals surface area contributed by atoms with Gasteiger partial charge < -0.3 is 26.6 Å². The molecule has 0 radical (unpaired) electrons. The number of carboxylic acids is 2. The highest BCUT2D eigenvalue weighted by molar-refractivity contribution is 7.98. The van der Waals surface area contributed by atoms with Gasteiger partial charge in [-0.15, -0.1) is 0 Å². The number of nitrogens with two attached hydrogens (primary N) is 1. The molecule has 0 aromatic carbocycles. The van der Waals surface area contributed by atoms with Crippen molar-refractivity contribution < 1.29 is 29.4 Å². The van der Waals surface area contributed by atoms with Gasteiger partial charge in [-0.1, -0.05) is 0 Å². The molecule has 2 amide bonds. The van der Waals surface area contributed by atoms with E-state index in [-0.39, 0.29) is 25.1 Å². The van der Waals surface area contributed by atoms with Gasteiger partial charge in [0.15, 0.2) is 5.78 Å². The van der Waals surface area contributed by atoms with E-state index in [1.54, 1.807) is 6.26 Å². The average Bonchev–Trinajstić information content (AvgIpc) is 2.41. The molecule has 0 fully saturated rings. The quantitative estimate of drug-likeness (QED) is 0.338. The highest BCUT2D eigenvalue weighted by atomic mass is 32.2. The number of nitrogens with one attached hydrogen (secondary N) is 2. The first-order chi connectivity index (χ1) is 9.77. The van der Waals surface area contributed by atoms with Crippen LogP contribution in [0.5, 0.6) is 0 Å². The van der Waals surface area contributed by atoms with Crippen LogP contribution in [0, 0.1) is 0 Å². The lowest BCUT2D eigenvalue weighted by Crippen LogP contribution is -2.51. The maximum Gasteiger partial charge on any atom is 0.322 e. The lowest BCUT2D eigenvalue weighted by atomic mass is 10.1. The Kier molecular flexibility index (Phi) is 9.13. The Morgan fingerprint density at radius 3 is 2.29 bits per heavy atom. The van der Waals surface area contributed by atoms with Crippen molar-refractivity contribution in [3.8, 4) is 0 Å². The summed E-state index contributed by atoms with van der Waals surface area (Å²) < 4.78 is 0. The molecule has 0 bridgehead atoms. The molecule has 0 aromatic heterocycles. The second-order valence-corrected chi connectivity index (χ2v) is 5.08. The number of urea groups is 1. The molecule has 0 aliphatic rings. The van der Waals surface area contributed by atoms with Crippen LogP contribution in [0.1, 0.15) is 12.8 Å². The minimum Gasteiger partial charge on any atom is -0.481 e.